The van der Waals surface area contributed by atoms with Crippen LogP contribution in [-0.4, -0.2) is 24.1 Å². The molecule has 1 N–H and O–H groups in total. The van der Waals surface area contributed by atoms with Crippen LogP contribution >= 0.6 is 27.3 Å². The molecular weight excluding hydrogens is 410 g/mol. The van der Waals surface area contributed by atoms with Crippen LogP contribution in [0.15, 0.2) is 28.2 Å². The van der Waals surface area contributed by atoms with Crippen molar-refractivity contribution in [2.24, 2.45) is 0 Å². The van der Waals surface area contributed by atoms with Crippen LogP contribution in [0, 0.1) is 5.82 Å². The highest BCUT2D eigenvalue weighted by atomic mass is 79.9. The van der Waals surface area contributed by atoms with Gasteiger partial charge in [-0.2, -0.15) is 13.2 Å². The van der Waals surface area contributed by atoms with Crippen molar-refractivity contribution in [3.63, 3.8) is 0 Å². The topological polar surface area (TPSA) is 28.2 Å². The number of thiazole rings is 1. The SMILES string of the molecule is Fc1ccc(CN[C@H]2CCN(c3nc(Br)cs3)C2)c(C(F)(F)F)c1. The molecule has 1 fully saturated rings. The molecule has 0 unspecified atom stereocenters. The van der Waals surface area contributed by atoms with Gasteiger partial charge >= 0.3 is 6.18 Å². The van der Waals surface area contributed by atoms with E-state index in [-0.39, 0.29) is 18.2 Å². The van der Waals surface area contributed by atoms with Crippen LogP contribution in [0.2, 0.25) is 0 Å². The molecule has 0 radical (unpaired) electrons. The molecule has 1 aromatic carbocycles. The molecule has 3 rings (SSSR count). The van der Waals surface area contributed by atoms with Crippen molar-refractivity contribution in [3.8, 4) is 0 Å². The Balaban J connectivity index is 1.63. The van der Waals surface area contributed by atoms with Gasteiger partial charge in [0.15, 0.2) is 5.13 Å². The Labute approximate surface area is 148 Å². The monoisotopic (exact) mass is 423 g/mol. The van der Waals surface area contributed by atoms with E-state index in [4.69, 9.17) is 0 Å². The summed E-state index contributed by atoms with van der Waals surface area (Å²) in [6.45, 7) is 1.53. The van der Waals surface area contributed by atoms with Gasteiger partial charge in [-0.1, -0.05) is 6.07 Å². The minimum atomic E-state index is -4.56. The minimum Gasteiger partial charge on any atom is -0.346 e. The Morgan fingerprint density at radius 3 is 2.83 bits per heavy atom. The molecule has 9 heteroatoms. The lowest BCUT2D eigenvalue weighted by molar-refractivity contribution is -0.138. The van der Waals surface area contributed by atoms with Crippen molar-refractivity contribution in [1.29, 1.82) is 0 Å². The predicted octanol–water partition coefficient (Wildman–Crippen LogP) is 4.43. The van der Waals surface area contributed by atoms with Gasteiger partial charge in [-0.25, -0.2) is 9.37 Å². The molecule has 1 atom stereocenters. The van der Waals surface area contributed by atoms with Crippen molar-refractivity contribution < 1.29 is 17.6 Å². The number of alkyl halides is 3. The second-order valence-electron chi connectivity index (χ2n) is 5.56. The fourth-order valence-electron chi connectivity index (χ4n) is 2.71. The zero-order valence-electron chi connectivity index (χ0n) is 12.4. The standard InChI is InChI=1S/C15H14BrF4N3S/c16-13-8-24-14(22-13)23-4-3-11(7-23)21-6-9-1-2-10(17)5-12(9)15(18,19)20/h1-2,5,8,11,21H,3-4,6-7H2/t11-/m0/s1. The summed E-state index contributed by atoms with van der Waals surface area (Å²) in [5.74, 6) is -0.882. The second-order valence-corrected chi connectivity index (χ2v) is 7.21. The average Bonchev–Trinajstić information content (AvgIpc) is 3.13. The zero-order chi connectivity index (χ0) is 17.3. The van der Waals surface area contributed by atoms with Gasteiger partial charge in [0, 0.05) is 31.1 Å². The van der Waals surface area contributed by atoms with Crippen LogP contribution in [0.25, 0.3) is 0 Å². The van der Waals surface area contributed by atoms with Gasteiger partial charge in [-0.15, -0.1) is 11.3 Å². The number of anilines is 1. The summed E-state index contributed by atoms with van der Waals surface area (Å²) in [5, 5.41) is 5.92. The van der Waals surface area contributed by atoms with Gasteiger partial charge in [0.05, 0.1) is 5.56 Å². The largest absolute Gasteiger partial charge is 0.416 e. The maximum absolute atomic E-state index is 13.1. The molecule has 1 aromatic heterocycles. The van der Waals surface area contributed by atoms with E-state index in [1.54, 1.807) is 0 Å². The third-order valence-electron chi connectivity index (χ3n) is 3.88. The number of rotatable bonds is 4. The third kappa shape index (κ3) is 4.07. The molecule has 0 amide bonds. The molecule has 1 aliphatic rings. The number of hydrogen-bond donors (Lipinski definition) is 1. The molecule has 2 heterocycles. The fraction of sp³-hybridized carbons (Fsp3) is 0.400. The molecule has 1 aliphatic heterocycles. The maximum Gasteiger partial charge on any atom is 0.416 e. The van der Waals surface area contributed by atoms with Crippen LogP contribution in [0.4, 0.5) is 22.7 Å². The van der Waals surface area contributed by atoms with Crippen molar-refractivity contribution >= 4 is 32.4 Å². The number of halogens is 5. The predicted molar refractivity (Wildman–Crippen MR) is 88.7 cm³/mol. The molecule has 2 aromatic rings. The highest BCUT2D eigenvalue weighted by Crippen LogP contribution is 2.33. The first-order valence-electron chi connectivity index (χ1n) is 7.28. The van der Waals surface area contributed by atoms with Crippen molar-refractivity contribution in [1.82, 2.24) is 10.3 Å². The van der Waals surface area contributed by atoms with Crippen LogP contribution in [-0.2, 0) is 12.7 Å². The maximum atomic E-state index is 13.1. The van der Waals surface area contributed by atoms with Crippen molar-refractivity contribution in [2.75, 3.05) is 18.0 Å². The Morgan fingerprint density at radius 2 is 2.17 bits per heavy atom. The first-order chi connectivity index (χ1) is 11.3. The van der Waals surface area contributed by atoms with Crippen LogP contribution in [0.5, 0.6) is 0 Å². The molecule has 3 nitrogen and oxygen atoms in total. The Kier molecular flexibility index (Phi) is 5.12. The Bertz CT molecular complexity index is 719. The van der Waals surface area contributed by atoms with E-state index in [9.17, 15) is 17.6 Å². The average molecular weight is 424 g/mol. The summed E-state index contributed by atoms with van der Waals surface area (Å²) in [6.07, 6.45) is -3.74. The van der Waals surface area contributed by atoms with Crippen LogP contribution in [0.3, 0.4) is 0 Å². The lowest BCUT2D eigenvalue weighted by Crippen LogP contribution is -2.32. The van der Waals surface area contributed by atoms with Gasteiger partial charge in [0.2, 0.25) is 0 Å². The number of benzene rings is 1. The van der Waals surface area contributed by atoms with Gasteiger partial charge in [0.1, 0.15) is 10.4 Å². The van der Waals surface area contributed by atoms with Gasteiger partial charge in [-0.3, -0.25) is 0 Å². The lowest BCUT2D eigenvalue weighted by atomic mass is 10.1. The molecule has 0 bridgehead atoms. The Hall–Kier alpha value is -1.19. The summed E-state index contributed by atoms with van der Waals surface area (Å²) in [6, 6.07) is 2.86. The van der Waals surface area contributed by atoms with E-state index >= 15 is 0 Å². The van der Waals surface area contributed by atoms with Crippen LogP contribution in [0.1, 0.15) is 17.5 Å². The molecule has 24 heavy (non-hydrogen) atoms. The van der Waals surface area contributed by atoms with Gasteiger partial charge in [-0.05, 0) is 40.0 Å². The van der Waals surface area contributed by atoms with Crippen molar-refractivity contribution in [2.45, 2.75) is 25.2 Å². The second kappa shape index (κ2) is 6.97. The Morgan fingerprint density at radius 1 is 1.38 bits per heavy atom. The van der Waals surface area contributed by atoms with E-state index in [1.165, 1.54) is 17.4 Å². The minimum absolute atomic E-state index is 0.0508. The first kappa shape index (κ1) is 17.6. The summed E-state index contributed by atoms with van der Waals surface area (Å²) < 4.78 is 52.9. The number of aromatic nitrogens is 1. The van der Waals surface area contributed by atoms with Gasteiger partial charge in [0.25, 0.3) is 0 Å². The summed E-state index contributed by atoms with van der Waals surface area (Å²) in [4.78, 5) is 6.44. The summed E-state index contributed by atoms with van der Waals surface area (Å²) in [7, 11) is 0. The first-order valence-corrected chi connectivity index (χ1v) is 8.95. The highest BCUT2D eigenvalue weighted by Gasteiger charge is 2.34. The smallest absolute Gasteiger partial charge is 0.346 e. The molecule has 0 aliphatic carbocycles. The molecular formula is C15H14BrF4N3S. The summed E-state index contributed by atoms with van der Waals surface area (Å²) >= 11 is 4.83. The molecule has 0 spiro atoms. The molecule has 130 valence electrons. The quantitative estimate of drug-likeness (QED) is 0.737. The van der Waals surface area contributed by atoms with Gasteiger partial charge < -0.3 is 10.2 Å². The third-order valence-corrected chi connectivity index (χ3v) is 5.49. The van der Waals surface area contributed by atoms with E-state index in [0.717, 1.165) is 28.8 Å². The van der Waals surface area contributed by atoms with Crippen molar-refractivity contribution in [3.05, 3.63) is 45.1 Å². The van der Waals surface area contributed by atoms with Crippen LogP contribution < -0.4 is 10.2 Å². The number of hydrogen-bond acceptors (Lipinski definition) is 4. The van der Waals surface area contributed by atoms with E-state index in [2.05, 4.69) is 31.1 Å². The lowest BCUT2D eigenvalue weighted by Gasteiger charge is -2.18. The number of nitrogens with one attached hydrogen (secondary N) is 1. The zero-order valence-corrected chi connectivity index (χ0v) is 14.8. The summed E-state index contributed by atoms with van der Waals surface area (Å²) in [5.41, 5.74) is -0.868. The van der Waals surface area contributed by atoms with E-state index in [0.29, 0.717) is 12.6 Å². The molecule has 1 saturated heterocycles. The van der Waals surface area contributed by atoms with E-state index in [1.807, 2.05) is 5.38 Å². The van der Waals surface area contributed by atoms with E-state index < -0.39 is 17.6 Å². The molecule has 0 saturated carbocycles. The number of nitrogens with zero attached hydrogens (tertiary/aromatic N) is 2. The fourth-order valence-corrected chi connectivity index (χ4v) is 4.00. The highest BCUT2D eigenvalue weighted by molar-refractivity contribution is 9.10. The normalized spacial score (nSPS) is 18.4.